The average molecular weight is 439 g/mol. The molecule has 1 aromatic heterocycles. The van der Waals surface area contributed by atoms with Gasteiger partial charge in [-0.2, -0.15) is 0 Å². The second-order valence-corrected chi connectivity index (χ2v) is 9.41. The van der Waals surface area contributed by atoms with E-state index in [1.54, 1.807) is 4.90 Å². The number of imidazole rings is 1. The highest BCUT2D eigenvalue weighted by Crippen LogP contribution is 2.31. The van der Waals surface area contributed by atoms with Gasteiger partial charge in [-0.15, -0.1) is 0 Å². The van der Waals surface area contributed by atoms with Crippen molar-refractivity contribution in [1.82, 2.24) is 19.4 Å². The van der Waals surface area contributed by atoms with Gasteiger partial charge in [0, 0.05) is 56.1 Å². The fraction of sp³-hybridized carbons (Fsp3) is 0.560. The summed E-state index contributed by atoms with van der Waals surface area (Å²) >= 11 is 0. The fourth-order valence-electron chi connectivity index (χ4n) is 5.54. The van der Waals surface area contributed by atoms with Crippen LogP contribution in [-0.4, -0.2) is 57.3 Å². The third kappa shape index (κ3) is 4.17. The van der Waals surface area contributed by atoms with E-state index in [0.29, 0.717) is 24.6 Å². The minimum atomic E-state index is -0.354. The molecule has 2 amide bonds. The first-order chi connectivity index (χ1) is 15.6. The lowest BCUT2D eigenvalue weighted by Crippen LogP contribution is -2.48. The summed E-state index contributed by atoms with van der Waals surface area (Å²) in [6.45, 7) is 3.68. The van der Waals surface area contributed by atoms with Crippen molar-refractivity contribution in [2.24, 2.45) is 5.92 Å². The van der Waals surface area contributed by atoms with Gasteiger partial charge in [0.05, 0.1) is 5.92 Å². The van der Waals surface area contributed by atoms with Crippen LogP contribution >= 0.6 is 0 Å². The third-order valence-corrected chi connectivity index (χ3v) is 7.35. The number of aryl methyl sites for hydroxylation is 1. The lowest BCUT2D eigenvalue weighted by molar-refractivity contribution is -0.138. The van der Waals surface area contributed by atoms with Crippen LogP contribution in [0.15, 0.2) is 30.5 Å². The Bertz CT molecular complexity index is 978. The number of rotatable bonds is 3. The molecule has 5 rings (SSSR count). The normalized spacial score (nSPS) is 22.0. The van der Waals surface area contributed by atoms with Crippen LogP contribution in [0.5, 0.6) is 0 Å². The van der Waals surface area contributed by atoms with Gasteiger partial charge in [-0.25, -0.2) is 9.37 Å². The number of carbonyl (C=O) groups is 2. The Kier molecular flexibility index (Phi) is 5.98. The van der Waals surface area contributed by atoms with Crippen molar-refractivity contribution in [2.45, 2.75) is 57.4 Å². The predicted octanol–water partition coefficient (Wildman–Crippen LogP) is 3.62. The highest BCUT2D eigenvalue weighted by Gasteiger charge is 2.34. The monoisotopic (exact) mass is 438 g/mol. The summed E-state index contributed by atoms with van der Waals surface area (Å²) in [5.74, 6) is 1.18. The first-order valence-electron chi connectivity index (χ1n) is 12.0. The number of aromatic nitrogens is 2. The first-order valence-corrected chi connectivity index (χ1v) is 12.0. The van der Waals surface area contributed by atoms with E-state index in [4.69, 9.17) is 4.98 Å². The van der Waals surface area contributed by atoms with Crippen LogP contribution in [0.3, 0.4) is 0 Å². The molecule has 0 spiro atoms. The van der Waals surface area contributed by atoms with E-state index in [1.165, 1.54) is 48.6 Å². The van der Waals surface area contributed by atoms with Crippen LogP contribution < -0.4 is 0 Å². The zero-order valence-electron chi connectivity index (χ0n) is 18.5. The molecule has 0 aliphatic carbocycles. The molecule has 2 saturated heterocycles. The van der Waals surface area contributed by atoms with E-state index in [0.717, 1.165) is 51.7 Å². The summed E-state index contributed by atoms with van der Waals surface area (Å²) in [7, 11) is 0. The molecular formula is C25H31FN4O2. The summed E-state index contributed by atoms with van der Waals surface area (Å²) in [4.78, 5) is 34.5. The summed E-state index contributed by atoms with van der Waals surface area (Å²) < 4.78 is 15.6. The molecule has 170 valence electrons. The van der Waals surface area contributed by atoms with Crippen molar-refractivity contribution in [3.05, 3.63) is 53.4 Å². The number of hydrogen-bond acceptors (Lipinski definition) is 3. The lowest BCUT2D eigenvalue weighted by atomic mass is 9.92. The van der Waals surface area contributed by atoms with Crippen LogP contribution in [0.1, 0.15) is 66.3 Å². The van der Waals surface area contributed by atoms with E-state index >= 15 is 0 Å². The lowest BCUT2D eigenvalue weighted by Gasteiger charge is -2.38. The molecule has 32 heavy (non-hydrogen) atoms. The Labute approximate surface area is 188 Å². The number of carbonyl (C=O) groups excluding carboxylic acids is 2. The molecule has 0 radical (unpaired) electrons. The highest BCUT2D eigenvalue weighted by atomic mass is 19.1. The second-order valence-electron chi connectivity index (χ2n) is 9.41. The number of hydrogen-bond donors (Lipinski definition) is 0. The maximum absolute atomic E-state index is 13.2. The zero-order chi connectivity index (χ0) is 22.1. The zero-order valence-corrected chi connectivity index (χ0v) is 18.5. The molecule has 2 aromatic rings. The Balaban J connectivity index is 1.18. The molecule has 2 fully saturated rings. The van der Waals surface area contributed by atoms with Crippen molar-refractivity contribution in [1.29, 1.82) is 0 Å². The standard InChI is InChI=1S/C25H31FN4O2/c26-21-8-6-19(7-9-21)24(31)29-12-3-4-20(17-29)25(32)28-14-10-18(11-15-28)23-27-16-22-5-1-2-13-30(22)23/h6-9,16,18,20H,1-5,10-15,17H2. The quantitative estimate of drug-likeness (QED) is 0.736. The number of fused-ring (bicyclic) bond motifs is 1. The number of benzene rings is 1. The van der Waals surface area contributed by atoms with E-state index in [-0.39, 0.29) is 23.5 Å². The molecule has 3 aliphatic heterocycles. The molecule has 3 aliphatic rings. The summed E-state index contributed by atoms with van der Waals surface area (Å²) in [5.41, 5.74) is 1.83. The summed E-state index contributed by atoms with van der Waals surface area (Å²) in [6.07, 6.45) is 9.18. The Morgan fingerprint density at radius 3 is 2.47 bits per heavy atom. The molecule has 0 saturated carbocycles. The highest BCUT2D eigenvalue weighted by molar-refractivity contribution is 5.94. The Morgan fingerprint density at radius 2 is 1.69 bits per heavy atom. The molecular weight excluding hydrogens is 407 g/mol. The number of amides is 2. The third-order valence-electron chi connectivity index (χ3n) is 7.35. The van der Waals surface area contributed by atoms with Gasteiger partial charge in [-0.1, -0.05) is 0 Å². The van der Waals surface area contributed by atoms with Crippen molar-refractivity contribution >= 4 is 11.8 Å². The maximum Gasteiger partial charge on any atom is 0.253 e. The molecule has 0 bridgehead atoms. The van der Waals surface area contributed by atoms with E-state index < -0.39 is 0 Å². The van der Waals surface area contributed by atoms with Gasteiger partial charge in [0.15, 0.2) is 0 Å². The Morgan fingerprint density at radius 1 is 0.906 bits per heavy atom. The SMILES string of the molecule is O=C(c1ccc(F)cc1)N1CCCC(C(=O)N2CCC(c3ncc4n3CCCC4)CC2)C1. The van der Waals surface area contributed by atoms with Crippen molar-refractivity contribution in [2.75, 3.05) is 26.2 Å². The van der Waals surface area contributed by atoms with Gasteiger partial charge in [-0.05, 0) is 69.2 Å². The van der Waals surface area contributed by atoms with Gasteiger partial charge < -0.3 is 14.4 Å². The van der Waals surface area contributed by atoms with Crippen LogP contribution in [0.2, 0.25) is 0 Å². The van der Waals surface area contributed by atoms with Crippen LogP contribution in [0, 0.1) is 11.7 Å². The van der Waals surface area contributed by atoms with Crippen LogP contribution in [0.25, 0.3) is 0 Å². The van der Waals surface area contributed by atoms with Gasteiger partial charge in [0.25, 0.3) is 5.91 Å². The van der Waals surface area contributed by atoms with E-state index in [2.05, 4.69) is 4.57 Å². The van der Waals surface area contributed by atoms with Crippen molar-refractivity contribution in [3.8, 4) is 0 Å². The number of likely N-dealkylation sites (tertiary alicyclic amines) is 2. The Hall–Kier alpha value is -2.70. The number of nitrogens with zero attached hydrogens (tertiary/aromatic N) is 4. The molecule has 1 aromatic carbocycles. The molecule has 1 atom stereocenters. The smallest absolute Gasteiger partial charge is 0.253 e. The first kappa shape index (κ1) is 21.2. The van der Waals surface area contributed by atoms with Crippen molar-refractivity contribution in [3.63, 3.8) is 0 Å². The van der Waals surface area contributed by atoms with Crippen LogP contribution in [-0.2, 0) is 17.8 Å². The minimum Gasteiger partial charge on any atom is -0.342 e. The maximum atomic E-state index is 13.2. The summed E-state index contributed by atoms with van der Waals surface area (Å²) in [6, 6.07) is 5.65. The van der Waals surface area contributed by atoms with Crippen LogP contribution in [0.4, 0.5) is 4.39 Å². The number of piperidine rings is 2. The number of halogens is 1. The largest absolute Gasteiger partial charge is 0.342 e. The van der Waals surface area contributed by atoms with Gasteiger partial charge in [-0.3, -0.25) is 9.59 Å². The average Bonchev–Trinajstić information content (AvgIpc) is 3.28. The van der Waals surface area contributed by atoms with E-state index in [9.17, 15) is 14.0 Å². The fourth-order valence-corrected chi connectivity index (χ4v) is 5.54. The van der Waals surface area contributed by atoms with Gasteiger partial charge in [0.1, 0.15) is 11.6 Å². The van der Waals surface area contributed by atoms with E-state index in [1.807, 2.05) is 11.1 Å². The predicted molar refractivity (Wildman–Crippen MR) is 119 cm³/mol. The van der Waals surface area contributed by atoms with Crippen molar-refractivity contribution < 1.29 is 14.0 Å². The molecule has 4 heterocycles. The molecule has 6 nitrogen and oxygen atoms in total. The minimum absolute atomic E-state index is 0.120. The van der Waals surface area contributed by atoms with Gasteiger partial charge >= 0.3 is 0 Å². The van der Waals surface area contributed by atoms with Gasteiger partial charge in [0.2, 0.25) is 5.91 Å². The molecule has 1 unspecified atom stereocenters. The summed E-state index contributed by atoms with van der Waals surface area (Å²) in [5, 5.41) is 0. The molecule has 7 heteroatoms. The molecule has 0 N–H and O–H groups in total. The second kappa shape index (κ2) is 9.04. The topological polar surface area (TPSA) is 58.4 Å².